The van der Waals surface area contributed by atoms with Gasteiger partial charge >= 0.3 is 0 Å². The maximum atomic E-state index is 13.4. The Hall–Kier alpha value is -2.49. The van der Waals surface area contributed by atoms with Crippen LogP contribution in [0.15, 0.2) is 47.4 Å². The molecule has 0 spiro atoms. The topological polar surface area (TPSA) is 124 Å². The van der Waals surface area contributed by atoms with Crippen molar-refractivity contribution < 1.29 is 32.9 Å². The van der Waals surface area contributed by atoms with Gasteiger partial charge in [-0.2, -0.15) is 0 Å². The second kappa shape index (κ2) is 8.47. The number of sulfone groups is 1. The summed E-state index contributed by atoms with van der Waals surface area (Å²) in [5, 5.41) is 31.4. The number of aromatic hydroxyl groups is 1. The average Bonchev–Trinajstić information content (AvgIpc) is 2.64. The summed E-state index contributed by atoms with van der Waals surface area (Å²) in [6.07, 6.45) is -0.363. The maximum Gasteiger partial charge on any atom is 0.251 e. The number of rotatable bonds is 7. The Kier molecular flexibility index (Phi) is 6.53. The van der Waals surface area contributed by atoms with E-state index in [1.165, 1.54) is 36.4 Å². The van der Waals surface area contributed by atoms with E-state index in [0.717, 1.165) is 12.3 Å². The molecule has 0 aliphatic rings. The molecule has 0 bridgehead atoms. The van der Waals surface area contributed by atoms with Gasteiger partial charge in [-0.3, -0.25) is 4.79 Å². The van der Waals surface area contributed by atoms with Gasteiger partial charge in [0.25, 0.3) is 5.91 Å². The van der Waals surface area contributed by atoms with Crippen LogP contribution in [-0.4, -0.2) is 48.6 Å². The molecule has 0 aromatic heterocycles. The van der Waals surface area contributed by atoms with Crippen LogP contribution in [0.2, 0.25) is 0 Å². The molecule has 27 heavy (non-hydrogen) atoms. The van der Waals surface area contributed by atoms with Crippen LogP contribution >= 0.6 is 0 Å². The fraction of sp³-hybridized carbons (Fsp3) is 0.278. The van der Waals surface area contributed by atoms with Crippen molar-refractivity contribution >= 4 is 15.7 Å². The highest BCUT2D eigenvalue weighted by Gasteiger charge is 2.24. The normalized spacial score (nSPS) is 13.8. The molecule has 0 heterocycles. The van der Waals surface area contributed by atoms with E-state index >= 15 is 0 Å². The van der Waals surface area contributed by atoms with Crippen LogP contribution in [0, 0.1) is 0 Å². The lowest BCUT2D eigenvalue weighted by Crippen LogP contribution is -2.41. The van der Waals surface area contributed by atoms with Gasteiger partial charge in [0.15, 0.2) is 9.84 Å². The Morgan fingerprint density at radius 1 is 1.19 bits per heavy atom. The standard InChI is InChI=1S/C18H20FNO6S/c1-27(25,26)14-6-4-11(5-7-14)17(23)15(9-19)20-18(24)12-2-3-13(10-21)16(22)8-12/h2-8,15,17,21-23H,9-10H2,1H3,(H,20,24)/t15?,17-/m0/s1. The molecule has 7 nitrogen and oxygen atoms in total. The SMILES string of the molecule is CS(=O)(=O)c1ccc([C@H](O)C(CF)NC(=O)c2ccc(CO)c(O)c2)cc1. The van der Waals surface area contributed by atoms with E-state index in [4.69, 9.17) is 5.11 Å². The van der Waals surface area contributed by atoms with E-state index in [9.17, 15) is 27.8 Å². The molecule has 2 aromatic carbocycles. The van der Waals surface area contributed by atoms with Crippen molar-refractivity contribution in [2.45, 2.75) is 23.6 Å². The number of alkyl halides is 1. The third kappa shape index (κ3) is 5.03. The van der Waals surface area contributed by atoms with E-state index < -0.39 is 41.2 Å². The third-order valence-corrected chi connectivity index (χ3v) is 5.16. The Morgan fingerprint density at radius 3 is 2.30 bits per heavy atom. The third-order valence-electron chi connectivity index (χ3n) is 4.03. The van der Waals surface area contributed by atoms with Gasteiger partial charge in [0.05, 0.1) is 17.5 Å². The number of aliphatic hydroxyl groups is 2. The summed E-state index contributed by atoms with van der Waals surface area (Å²) in [5.74, 6) is -0.997. The number of aliphatic hydroxyl groups excluding tert-OH is 2. The Bertz CT molecular complexity index is 914. The highest BCUT2D eigenvalue weighted by Crippen LogP contribution is 2.22. The highest BCUT2D eigenvalue weighted by molar-refractivity contribution is 7.90. The number of carbonyl (C=O) groups is 1. The van der Waals surface area contributed by atoms with Crippen molar-refractivity contribution in [2.24, 2.45) is 0 Å². The van der Waals surface area contributed by atoms with Crippen LogP contribution in [0.1, 0.15) is 27.6 Å². The number of hydrogen-bond donors (Lipinski definition) is 4. The van der Waals surface area contributed by atoms with E-state index in [2.05, 4.69) is 5.32 Å². The molecule has 2 aromatic rings. The van der Waals surface area contributed by atoms with Crippen LogP contribution in [0.25, 0.3) is 0 Å². The smallest absolute Gasteiger partial charge is 0.251 e. The summed E-state index contributed by atoms with van der Waals surface area (Å²) in [5.41, 5.74) is 0.506. The fourth-order valence-corrected chi connectivity index (χ4v) is 3.07. The lowest BCUT2D eigenvalue weighted by Gasteiger charge is -2.22. The predicted molar refractivity (Wildman–Crippen MR) is 95.8 cm³/mol. The monoisotopic (exact) mass is 397 g/mol. The van der Waals surface area contributed by atoms with Crippen LogP contribution in [0.5, 0.6) is 5.75 Å². The minimum absolute atomic E-state index is 0.0303. The second-order valence-corrected chi connectivity index (χ2v) is 8.04. The molecule has 0 aliphatic carbocycles. The van der Waals surface area contributed by atoms with Gasteiger partial charge in [0, 0.05) is 17.4 Å². The first-order valence-corrected chi connectivity index (χ1v) is 9.84. The Labute approximate surface area is 156 Å². The Balaban J connectivity index is 2.16. The molecule has 2 atom stereocenters. The zero-order valence-electron chi connectivity index (χ0n) is 14.5. The number of benzene rings is 2. The first-order chi connectivity index (χ1) is 12.7. The molecule has 0 saturated carbocycles. The first-order valence-electron chi connectivity index (χ1n) is 7.95. The Morgan fingerprint density at radius 2 is 1.81 bits per heavy atom. The zero-order chi connectivity index (χ0) is 20.2. The lowest BCUT2D eigenvalue weighted by atomic mass is 10.0. The summed E-state index contributed by atoms with van der Waals surface area (Å²) in [7, 11) is -3.40. The van der Waals surface area contributed by atoms with E-state index in [-0.39, 0.29) is 27.3 Å². The minimum Gasteiger partial charge on any atom is -0.508 e. The molecule has 4 N–H and O–H groups in total. The summed E-state index contributed by atoms with van der Waals surface area (Å²) < 4.78 is 36.3. The number of phenols is 1. The van der Waals surface area contributed by atoms with Crippen molar-refractivity contribution in [2.75, 3.05) is 12.9 Å². The molecule has 0 saturated heterocycles. The van der Waals surface area contributed by atoms with Crippen molar-refractivity contribution in [3.8, 4) is 5.75 Å². The van der Waals surface area contributed by atoms with Gasteiger partial charge in [-0.25, -0.2) is 12.8 Å². The maximum absolute atomic E-state index is 13.4. The quantitative estimate of drug-likeness (QED) is 0.554. The lowest BCUT2D eigenvalue weighted by molar-refractivity contribution is 0.0791. The van der Waals surface area contributed by atoms with Crippen LogP contribution in [0.4, 0.5) is 4.39 Å². The van der Waals surface area contributed by atoms with Gasteiger partial charge in [0.2, 0.25) is 0 Å². The largest absolute Gasteiger partial charge is 0.508 e. The van der Waals surface area contributed by atoms with Crippen LogP contribution in [0.3, 0.4) is 0 Å². The molecular formula is C18H20FNO6S. The van der Waals surface area contributed by atoms with Crippen molar-refractivity contribution in [3.05, 3.63) is 59.2 Å². The summed E-state index contributed by atoms with van der Waals surface area (Å²) >= 11 is 0. The van der Waals surface area contributed by atoms with Crippen LogP contribution in [-0.2, 0) is 16.4 Å². The molecule has 0 aliphatic heterocycles. The zero-order valence-corrected chi connectivity index (χ0v) is 15.3. The average molecular weight is 397 g/mol. The first kappa shape index (κ1) is 20.8. The van der Waals surface area contributed by atoms with Gasteiger partial charge in [-0.15, -0.1) is 0 Å². The van der Waals surface area contributed by atoms with Gasteiger partial charge < -0.3 is 20.6 Å². The highest BCUT2D eigenvalue weighted by atomic mass is 32.2. The van der Waals surface area contributed by atoms with Crippen molar-refractivity contribution in [1.82, 2.24) is 5.32 Å². The fourth-order valence-electron chi connectivity index (χ4n) is 2.44. The molecule has 1 unspecified atom stereocenters. The molecule has 0 radical (unpaired) electrons. The molecular weight excluding hydrogens is 377 g/mol. The molecule has 1 amide bonds. The molecule has 9 heteroatoms. The number of amides is 1. The minimum atomic E-state index is -3.40. The van der Waals surface area contributed by atoms with Crippen molar-refractivity contribution in [3.63, 3.8) is 0 Å². The molecule has 146 valence electrons. The van der Waals surface area contributed by atoms with E-state index in [1.807, 2.05) is 0 Å². The predicted octanol–water partition coefficient (Wildman–Crippen LogP) is 1.09. The van der Waals surface area contributed by atoms with Gasteiger partial charge in [0.1, 0.15) is 18.5 Å². The van der Waals surface area contributed by atoms with Crippen molar-refractivity contribution in [1.29, 1.82) is 0 Å². The molecule has 0 fully saturated rings. The molecule has 2 rings (SSSR count). The number of hydrogen-bond acceptors (Lipinski definition) is 6. The van der Waals surface area contributed by atoms with E-state index in [1.54, 1.807) is 0 Å². The number of nitrogens with one attached hydrogen (secondary N) is 1. The summed E-state index contributed by atoms with van der Waals surface area (Å²) in [4.78, 5) is 12.3. The second-order valence-electron chi connectivity index (χ2n) is 6.02. The number of carbonyl (C=O) groups excluding carboxylic acids is 1. The van der Waals surface area contributed by atoms with Gasteiger partial charge in [-0.05, 0) is 29.8 Å². The van der Waals surface area contributed by atoms with E-state index in [0.29, 0.717) is 0 Å². The number of halogens is 1. The van der Waals surface area contributed by atoms with Crippen LogP contribution < -0.4 is 5.32 Å². The summed E-state index contributed by atoms with van der Waals surface area (Å²) in [6, 6.07) is 7.83. The summed E-state index contributed by atoms with van der Waals surface area (Å²) in [6.45, 7) is -1.47. The van der Waals surface area contributed by atoms with Gasteiger partial charge in [-0.1, -0.05) is 18.2 Å².